The van der Waals surface area contributed by atoms with E-state index >= 15 is 0 Å². The summed E-state index contributed by atoms with van der Waals surface area (Å²) in [6.07, 6.45) is 0. The minimum atomic E-state index is -1.08. The monoisotopic (exact) mass is 197 g/mol. The quantitative estimate of drug-likeness (QED) is 0.723. The molecule has 0 aromatic carbocycles. The van der Waals surface area contributed by atoms with Crippen molar-refractivity contribution < 1.29 is 15.0 Å². The largest absolute Gasteiger partial charge is 0.508 e. The van der Waals surface area contributed by atoms with E-state index in [-0.39, 0.29) is 5.75 Å². The molecule has 1 atom stereocenters. The Kier molecular flexibility index (Phi) is 2.60. The van der Waals surface area contributed by atoms with Gasteiger partial charge in [-0.1, -0.05) is 0 Å². The minimum absolute atomic E-state index is 0.152. The van der Waals surface area contributed by atoms with E-state index in [9.17, 15) is 9.59 Å². The van der Waals surface area contributed by atoms with Gasteiger partial charge in [0.05, 0.1) is 0 Å². The summed E-state index contributed by atoms with van der Waals surface area (Å²) in [6.45, 7) is 2.98. The predicted molar refractivity (Wildman–Crippen MR) is 49.5 cm³/mol. The third-order valence-electron chi connectivity index (χ3n) is 1.99. The predicted octanol–water partition coefficient (Wildman–Crippen LogP) is 0.508. The van der Waals surface area contributed by atoms with Crippen LogP contribution in [0.4, 0.5) is 0 Å². The molecule has 5 heteroatoms. The van der Waals surface area contributed by atoms with E-state index in [0.717, 1.165) is 10.6 Å². The van der Waals surface area contributed by atoms with Gasteiger partial charge in [0.15, 0.2) is 0 Å². The Labute approximate surface area is 80.2 Å². The van der Waals surface area contributed by atoms with E-state index in [2.05, 4.69) is 0 Å². The van der Waals surface area contributed by atoms with Crippen LogP contribution in [0.2, 0.25) is 0 Å². The maximum absolute atomic E-state index is 11.3. The van der Waals surface area contributed by atoms with E-state index in [4.69, 9.17) is 10.2 Å². The fourth-order valence-electron chi connectivity index (χ4n) is 1.30. The Hall–Kier alpha value is -1.78. The first-order valence-electron chi connectivity index (χ1n) is 4.08. The lowest BCUT2D eigenvalue weighted by Gasteiger charge is -2.13. The second-order valence-electron chi connectivity index (χ2n) is 3.08. The van der Waals surface area contributed by atoms with Gasteiger partial charge in [0.2, 0.25) is 0 Å². The smallest absolute Gasteiger partial charge is 0.326 e. The molecule has 0 aliphatic rings. The van der Waals surface area contributed by atoms with Crippen molar-refractivity contribution in [2.45, 2.75) is 19.9 Å². The Bertz CT molecular complexity index is 421. The van der Waals surface area contributed by atoms with Gasteiger partial charge in [0.1, 0.15) is 11.8 Å². The van der Waals surface area contributed by atoms with Crippen molar-refractivity contribution >= 4 is 5.97 Å². The van der Waals surface area contributed by atoms with E-state index in [0.29, 0.717) is 5.69 Å². The molecule has 14 heavy (non-hydrogen) atoms. The van der Waals surface area contributed by atoms with Crippen LogP contribution in [-0.2, 0) is 4.79 Å². The zero-order valence-corrected chi connectivity index (χ0v) is 7.89. The SMILES string of the molecule is Cc1cc(O)cc(=O)n1[C@H](C)C(=O)O. The highest BCUT2D eigenvalue weighted by atomic mass is 16.4. The summed E-state index contributed by atoms with van der Waals surface area (Å²) in [6, 6.07) is 1.41. The van der Waals surface area contributed by atoms with Crippen molar-refractivity contribution in [2.24, 2.45) is 0 Å². The molecule has 0 aliphatic carbocycles. The number of aromatic hydroxyl groups is 1. The first-order valence-corrected chi connectivity index (χ1v) is 4.08. The molecular weight excluding hydrogens is 186 g/mol. The van der Waals surface area contributed by atoms with Gasteiger partial charge in [0.25, 0.3) is 5.56 Å². The van der Waals surface area contributed by atoms with Crippen LogP contribution < -0.4 is 5.56 Å². The average Bonchev–Trinajstić information content (AvgIpc) is 2.01. The van der Waals surface area contributed by atoms with Gasteiger partial charge in [-0.3, -0.25) is 9.36 Å². The molecule has 1 aromatic rings. The molecule has 76 valence electrons. The van der Waals surface area contributed by atoms with E-state index in [1.54, 1.807) is 6.92 Å². The molecule has 2 N–H and O–H groups in total. The van der Waals surface area contributed by atoms with Crippen molar-refractivity contribution in [1.29, 1.82) is 0 Å². The number of hydrogen-bond acceptors (Lipinski definition) is 3. The summed E-state index contributed by atoms with van der Waals surface area (Å²) in [7, 11) is 0. The lowest BCUT2D eigenvalue weighted by molar-refractivity contribution is -0.140. The van der Waals surface area contributed by atoms with Crippen LogP contribution >= 0.6 is 0 Å². The maximum atomic E-state index is 11.3. The Morgan fingerprint density at radius 3 is 2.50 bits per heavy atom. The minimum Gasteiger partial charge on any atom is -0.508 e. The number of nitrogens with zero attached hydrogens (tertiary/aromatic N) is 1. The van der Waals surface area contributed by atoms with Gasteiger partial charge >= 0.3 is 5.97 Å². The average molecular weight is 197 g/mol. The zero-order chi connectivity index (χ0) is 10.9. The Morgan fingerprint density at radius 1 is 1.50 bits per heavy atom. The molecular formula is C9H11NO4. The molecule has 0 bridgehead atoms. The fraction of sp³-hybridized carbons (Fsp3) is 0.333. The molecule has 0 unspecified atom stereocenters. The molecule has 1 aromatic heterocycles. The van der Waals surface area contributed by atoms with Gasteiger partial charge in [-0.15, -0.1) is 0 Å². The fourth-order valence-corrected chi connectivity index (χ4v) is 1.30. The molecule has 1 rings (SSSR count). The summed E-state index contributed by atoms with van der Waals surface area (Å²) in [5.41, 5.74) is -0.0951. The van der Waals surface area contributed by atoms with Gasteiger partial charge in [-0.2, -0.15) is 0 Å². The van der Waals surface area contributed by atoms with Crippen LogP contribution in [0.3, 0.4) is 0 Å². The van der Waals surface area contributed by atoms with Crippen molar-refractivity contribution in [3.05, 3.63) is 28.2 Å². The number of carbonyl (C=O) groups is 1. The van der Waals surface area contributed by atoms with Crippen LogP contribution in [0.25, 0.3) is 0 Å². The summed E-state index contributed by atoms with van der Waals surface area (Å²) in [4.78, 5) is 22.0. The second-order valence-corrected chi connectivity index (χ2v) is 3.08. The molecule has 0 aliphatic heterocycles. The highest BCUT2D eigenvalue weighted by Gasteiger charge is 2.16. The van der Waals surface area contributed by atoms with E-state index in [1.165, 1.54) is 13.0 Å². The summed E-state index contributed by atoms with van der Waals surface area (Å²) in [5, 5.41) is 17.8. The lowest BCUT2D eigenvalue weighted by atomic mass is 10.2. The number of carboxylic acid groups (broad SMARTS) is 1. The molecule has 1 heterocycles. The van der Waals surface area contributed by atoms with Crippen LogP contribution in [0.15, 0.2) is 16.9 Å². The Balaban J connectivity index is 3.35. The molecule has 0 saturated heterocycles. The van der Waals surface area contributed by atoms with Crippen LogP contribution in [0.5, 0.6) is 5.75 Å². The van der Waals surface area contributed by atoms with Gasteiger partial charge in [-0.05, 0) is 19.9 Å². The number of carboxylic acids is 1. The molecule has 0 radical (unpaired) electrons. The summed E-state index contributed by atoms with van der Waals surface area (Å²) in [5.74, 6) is -1.23. The van der Waals surface area contributed by atoms with Crippen molar-refractivity contribution in [3.63, 3.8) is 0 Å². The zero-order valence-electron chi connectivity index (χ0n) is 7.89. The lowest BCUT2D eigenvalue weighted by Crippen LogP contribution is -2.28. The normalized spacial score (nSPS) is 12.4. The van der Waals surface area contributed by atoms with Crippen LogP contribution in [-0.4, -0.2) is 20.7 Å². The molecule has 0 saturated carbocycles. The number of pyridine rings is 1. The standard InChI is InChI=1S/C9H11NO4/c1-5-3-7(11)4-8(12)10(5)6(2)9(13)14/h3-4,6,11H,1-2H3,(H,13,14)/t6-/m1/s1. The molecule has 0 amide bonds. The third kappa shape index (κ3) is 1.76. The summed E-state index contributed by atoms with van der Waals surface area (Å²) >= 11 is 0. The first-order chi connectivity index (χ1) is 6.43. The van der Waals surface area contributed by atoms with Crippen LogP contribution in [0.1, 0.15) is 18.7 Å². The highest BCUT2D eigenvalue weighted by molar-refractivity contribution is 5.71. The number of hydrogen-bond donors (Lipinski definition) is 2. The maximum Gasteiger partial charge on any atom is 0.326 e. The number of aliphatic carboxylic acids is 1. The van der Waals surface area contributed by atoms with Crippen molar-refractivity contribution in [1.82, 2.24) is 4.57 Å². The van der Waals surface area contributed by atoms with Gasteiger partial charge in [-0.25, -0.2) is 4.79 Å². The van der Waals surface area contributed by atoms with Crippen LogP contribution in [0, 0.1) is 6.92 Å². The van der Waals surface area contributed by atoms with Crippen molar-refractivity contribution in [2.75, 3.05) is 0 Å². The second kappa shape index (κ2) is 3.53. The Morgan fingerprint density at radius 2 is 2.07 bits per heavy atom. The first kappa shape index (κ1) is 10.3. The number of aryl methyl sites for hydroxylation is 1. The molecule has 0 spiro atoms. The van der Waals surface area contributed by atoms with E-state index in [1.807, 2.05) is 0 Å². The molecule has 5 nitrogen and oxygen atoms in total. The number of aromatic nitrogens is 1. The third-order valence-corrected chi connectivity index (χ3v) is 1.99. The summed E-state index contributed by atoms with van der Waals surface area (Å²) < 4.78 is 1.11. The topological polar surface area (TPSA) is 79.5 Å². The van der Waals surface area contributed by atoms with Gasteiger partial charge < -0.3 is 10.2 Å². The molecule has 0 fully saturated rings. The highest BCUT2D eigenvalue weighted by Crippen LogP contribution is 2.11. The number of rotatable bonds is 2. The van der Waals surface area contributed by atoms with Gasteiger partial charge in [0, 0.05) is 11.8 Å². The van der Waals surface area contributed by atoms with Crippen molar-refractivity contribution in [3.8, 4) is 5.75 Å². The van der Waals surface area contributed by atoms with E-state index < -0.39 is 17.6 Å².